The Morgan fingerprint density at radius 1 is 1.19 bits per heavy atom. The first-order valence-electron chi connectivity index (χ1n) is 8.63. The number of allylic oxidation sites excluding steroid dienone is 2. The summed E-state index contributed by atoms with van der Waals surface area (Å²) in [4.78, 5) is 15.8. The number of carbonyl (C=O) groups is 1. The van der Waals surface area contributed by atoms with Gasteiger partial charge in [-0.15, -0.1) is 5.10 Å². The van der Waals surface area contributed by atoms with Crippen molar-refractivity contribution < 1.29 is 14.6 Å². The maximum Gasteiger partial charge on any atom is 0.336 e. The number of hydrogen-bond acceptors (Lipinski definition) is 4. The molecule has 0 bridgehead atoms. The summed E-state index contributed by atoms with van der Waals surface area (Å²) in [7, 11) is 1.55. The summed E-state index contributed by atoms with van der Waals surface area (Å²) in [5.41, 5.74) is 2.92. The lowest BCUT2D eigenvalue weighted by atomic mass is 9.98. The van der Waals surface area contributed by atoms with E-state index in [2.05, 4.69) is 10.1 Å². The molecule has 1 aromatic heterocycles. The molecule has 0 aliphatic carbocycles. The molecule has 0 radical (unpaired) electrons. The number of carboxylic acid groups (broad SMARTS) is 1. The molecule has 0 fully saturated rings. The molecule has 3 aromatic rings. The van der Waals surface area contributed by atoms with E-state index in [0.717, 1.165) is 17.0 Å². The molecule has 27 heavy (non-hydrogen) atoms. The molecule has 0 aliphatic rings. The number of benzene rings is 2. The first-order chi connectivity index (χ1) is 13.1. The summed E-state index contributed by atoms with van der Waals surface area (Å²) in [6.07, 6.45) is 4.57. The van der Waals surface area contributed by atoms with Crippen molar-refractivity contribution in [2.75, 3.05) is 7.11 Å². The van der Waals surface area contributed by atoms with E-state index >= 15 is 0 Å². The normalized spacial score (nSPS) is 11.0. The van der Waals surface area contributed by atoms with Crippen molar-refractivity contribution >= 4 is 5.97 Å². The maximum atomic E-state index is 11.4. The fraction of sp³-hybridized carbons (Fsp3) is 0.190. The van der Waals surface area contributed by atoms with Crippen molar-refractivity contribution in [3.8, 4) is 17.1 Å². The van der Waals surface area contributed by atoms with Gasteiger partial charge in [-0.2, -0.15) is 4.98 Å². The van der Waals surface area contributed by atoms with Gasteiger partial charge in [-0.3, -0.25) is 0 Å². The molecular formula is C21H21N3O3. The fourth-order valence-electron chi connectivity index (χ4n) is 2.83. The van der Waals surface area contributed by atoms with Crippen LogP contribution in [0.15, 0.2) is 60.7 Å². The minimum absolute atomic E-state index is 0.293. The molecule has 1 N–H and O–H groups in total. The molecule has 0 atom stereocenters. The summed E-state index contributed by atoms with van der Waals surface area (Å²) in [5.74, 6) is -0.123. The lowest BCUT2D eigenvalue weighted by molar-refractivity contribution is 0.0697. The van der Waals surface area contributed by atoms with Crippen LogP contribution in [-0.2, 0) is 13.0 Å². The van der Waals surface area contributed by atoms with Crippen LogP contribution in [0.25, 0.3) is 11.1 Å². The SMILES string of the molecule is CC=CCn1nc(OC)nc1Cc1ccc(-c2ccccc2C(=O)O)cc1. The third-order valence-electron chi connectivity index (χ3n) is 4.21. The van der Waals surface area contributed by atoms with Gasteiger partial charge in [-0.25, -0.2) is 9.48 Å². The average molecular weight is 363 g/mol. The van der Waals surface area contributed by atoms with Gasteiger partial charge >= 0.3 is 12.0 Å². The van der Waals surface area contributed by atoms with Crippen LogP contribution in [0.1, 0.15) is 28.7 Å². The van der Waals surface area contributed by atoms with E-state index in [0.29, 0.717) is 30.1 Å². The van der Waals surface area contributed by atoms with E-state index in [1.54, 1.807) is 19.2 Å². The van der Waals surface area contributed by atoms with Crippen LogP contribution < -0.4 is 4.74 Å². The highest BCUT2D eigenvalue weighted by Gasteiger charge is 2.12. The maximum absolute atomic E-state index is 11.4. The zero-order valence-electron chi connectivity index (χ0n) is 15.3. The van der Waals surface area contributed by atoms with Crippen molar-refractivity contribution in [3.63, 3.8) is 0 Å². The number of aromatic carboxylic acids is 1. The van der Waals surface area contributed by atoms with E-state index in [1.165, 1.54) is 0 Å². The van der Waals surface area contributed by atoms with Gasteiger partial charge in [0.15, 0.2) is 0 Å². The van der Waals surface area contributed by atoms with E-state index in [4.69, 9.17) is 4.74 Å². The van der Waals surface area contributed by atoms with Crippen molar-refractivity contribution in [2.45, 2.75) is 19.9 Å². The molecule has 2 aromatic carbocycles. The number of ether oxygens (including phenoxy) is 1. The van der Waals surface area contributed by atoms with E-state index in [9.17, 15) is 9.90 Å². The Morgan fingerprint density at radius 2 is 1.93 bits per heavy atom. The van der Waals surface area contributed by atoms with Gasteiger partial charge in [0.1, 0.15) is 5.82 Å². The molecule has 1 heterocycles. The molecule has 0 saturated heterocycles. The van der Waals surface area contributed by atoms with Crippen LogP contribution in [0.2, 0.25) is 0 Å². The lowest BCUT2D eigenvalue weighted by Crippen LogP contribution is -2.05. The first kappa shape index (κ1) is 18.4. The Balaban J connectivity index is 1.85. The van der Waals surface area contributed by atoms with Crippen molar-refractivity contribution in [1.29, 1.82) is 0 Å². The number of methoxy groups -OCH3 is 1. The lowest BCUT2D eigenvalue weighted by Gasteiger charge is -2.08. The van der Waals surface area contributed by atoms with Gasteiger partial charge in [-0.1, -0.05) is 54.6 Å². The summed E-state index contributed by atoms with van der Waals surface area (Å²) >= 11 is 0. The Bertz CT molecular complexity index is 959. The number of rotatable bonds is 7. The monoisotopic (exact) mass is 363 g/mol. The summed E-state index contributed by atoms with van der Waals surface area (Å²) in [6, 6.07) is 15.2. The van der Waals surface area contributed by atoms with Gasteiger partial charge in [0.2, 0.25) is 0 Å². The van der Waals surface area contributed by atoms with Gasteiger partial charge in [0.05, 0.1) is 19.2 Å². The second kappa shape index (κ2) is 8.31. The molecule has 0 unspecified atom stereocenters. The zero-order valence-corrected chi connectivity index (χ0v) is 15.3. The highest BCUT2D eigenvalue weighted by molar-refractivity contribution is 5.95. The molecule has 0 aliphatic heterocycles. The first-order valence-corrected chi connectivity index (χ1v) is 8.63. The predicted molar refractivity (Wildman–Crippen MR) is 103 cm³/mol. The van der Waals surface area contributed by atoms with Crippen LogP contribution in [0.5, 0.6) is 6.01 Å². The number of hydrogen-bond donors (Lipinski definition) is 1. The Morgan fingerprint density at radius 3 is 2.59 bits per heavy atom. The Labute approximate surface area is 157 Å². The molecule has 6 nitrogen and oxygen atoms in total. The minimum atomic E-state index is -0.932. The Kier molecular flexibility index (Phi) is 5.66. The topological polar surface area (TPSA) is 77.2 Å². The fourth-order valence-corrected chi connectivity index (χ4v) is 2.83. The third kappa shape index (κ3) is 4.23. The minimum Gasteiger partial charge on any atom is -0.478 e. The number of carboxylic acids is 1. The van der Waals surface area contributed by atoms with Crippen LogP contribution >= 0.6 is 0 Å². The standard InChI is InChI=1S/C21H21N3O3/c1-3-4-13-24-19(22-21(23-24)27-2)14-15-9-11-16(12-10-15)17-7-5-6-8-18(17)20(25)26/h3-12H,13-14H2,1-2H3,(H,25,26). The van der Waals surface area contributed by atoms with Crippen molar-refractivity contribution in [3.05, 3.63) is 77.6 Å². The third-order valence-corrected chi connectivity index (χ3v) is 4.21. The summed E-state index contributed by atoms with van der Waals surface area (Å²) < 4.78 is 6.95. The van der Waals surface area contributed by atoms with E-state index in [1.807, 2.05) is 60.2 Å². The number of aromatic nitrogens is 3. The zero-order chi connectivity index (χ0) is 19.2. The molecular weight excluding hydrogens is 342 g/mol. The van der Waals surface area contributed by atoms with Gasteiger partial charge in [0, 0.05) is 6.42 Å². The van der Waals surface area contributed by atoms with Crippen LogP contribution in [0, 0.1) is 0 Å². The largest absolute Gasteiger partial charge is 0.478 e. The molecule has 3 rings (SSSR count). The van der Waals surface area contributed by atoms with Gasteiger partial charge in [-0.05, 0) is 29.7 Å². The van der Waals surface area contributed by atoms with Gasteiger partial charge in [0.25, 0.3) is 0 Å². The highest BCUT2D eigenvalue weighted by atomic mass is 16.5. The molecule has 0 amide bonds. The second-order valence-corrected chi connectivity index (χ2v) is 5.99. The molecule has 0 saturated carbocycles. The van der Waals surface area contributed by atoms with E-state index < -0.39 is 5.97 Å². The van der Waals surface area contributed by atoms with Crippen LogP contribution in [-0.4, -0.2) is 33.0 Å². The average Bonchev–Trinajstić information content (AvgIpc) is 3.08. The van der Waals surface area contributed by atoms with Crippen LogP contribution in [0.4, 0.5) is 0 Å². The molecule has 138 valence electrons. The number of nitrogens with zero attached hydrogens (tertiary/aromatic N) is 3. The van der Waals surface area contributed by atoms with E-state index in [-0.39, 0.29) is 0 Å². The van der Waals surface area contributed by atoms with Gasteiger partial charge < -0.3 is 9.84 Å². The Hall–Kier alpha value is -3.41. The van der Waals surface area contributed by atoms with Crippen molar-refractivity contribution in [1.82, 2.24) is 14.8 Å². The summed E-state index contributed by atoms with van der Waals surface area (Å²) in [5, 5.41) is 13.7. The highest BCUT2D eigenvalue weighted by Crippen LogP contribution is 2.24. The van der Waals surface area contributed by atoms with Crippen molar-refractivity contribution in [2.24, 2.45) is 0 Å². The molecule has 6 heteroatoms. The second-order valence-electron chi connectivity index (χ2n) is 5.99. The smallest absolute Gasteiger partial charge is 0.336 e. The summed E-state index contributed by atoms with van der Waals surface area (Å²) in [6.45, 7) is 2.59. The predicted octanol–water partition coefficient (Wildman–Crippen LogP) is 3.82. The molecule has 0 spiro atoms. The quantitative estimate of drug-likeness (QED) is 0.646. The van der Waals surface area contributed by atoms with Crippen LogP contribution in [0.3, 0.4) is 0 Å².